The van der Waals surface area contributed by atoms with Gasteiger partial charge >= 0.3 is 12.3 Å². The average Bonchev–Trinajstić information content (AvgIpc) is 3.72. The zero-order valence-electron chi connectivity index (χ0n) is 56.4. The van der Waals surface area contributed by atoms with Crippen LogP contribution in [0.25, 0.3) is 21.5 Å². The summed E-state index contributed by atoms with van der Waals surface area (Å²) in [5, 5.41) is 27.1. The number of rotatable bonds is 0. The van der Waals surface area contributed by atoms with Crippen LogP contribution in [0.15, 0.2) is 193 Å². The number of aromatic hydroxyl groups is 1. The van der Waals surface area contributed by atoms with Crippen LogP contribution in [-0.4, -0.2) is 90.5 Å². The number of aromatic nitrogens is 2. The maximum Gasteiger partial charge on any atom is 0.373 e. The Morgan fingerprint density at radius 1 is 0.379 bits per heavy atom. The molecule has 14 heteroatoms. The molecule has 0 spiro atoms. The van der Waals surface area contributed by atoms with Gasteiger partial charge in [-0.1, -0.05) is 155 Å². The van der Waals surface area contributed by atoms with Crippen molar-refractivity contribution in [3.05, 3.63) is 288 Å². The van der Waals surface area contributed by atoms with E-state index in [4.69, 9.17) is 19.2 Å². The molecule has 0 unspecified atom stereocenters. The van der Waals surface area contributed by atoms with E-state index in [9.17, 15) is 5.11 Å². The topological polar surface area (TPSA) is 169 Å². The highest BCUT2D eigenvalue weighted by Crippen LogP contribution is 2.27. The number of phenolic OH excluding ortho intramolecular Hbond substituents is 1. The van der Waals surface area contributed by atoms with Crippen LogP contribution in [0.2, 0.25) is 0 Å². The fourth-order valence-corrected chi connectivity index (χ4v) is 13.2. The number of phenols is 1. The zero-order chi connectivity index (χ0) is 67.7. The van der Waals surface area contributed by atoms with E-state index in [1.54, 1.807) is 52.8 Å². The first kappa shape index (κ1) is 73.8. The maximum absolute atomic E-state index is 9.34. The van der Waals surface area contributed by atoms with E-state index >= 15 is 0 Å². The van der Waals surface area contributed by atoms with Gasteiger partial charge in [-0.3, -0.25) is 9.97 Å². The predicted octanol–water partition coefficient (Wildman–Crippen LogP) is 14.0. The molecule has 0 aliphatic carbocycles. The van der Waals surface area contributed by atoms with Crippen molar-refractivity contribution < 1.29 is 24.3 Å². The van der Waals surface area contributed by atoms with Crippen LogP contribution in [-0.2, 0) is 97.0 Å². The monoisotopic (exact) mass is 1340 g/mol. The third-order valence-corrected chi connectivity index (χ3v) is 18.5. The first-order chi connectivity index (χ1) is 46.2. The first-order valence-corrected chi connectivity index (χ1v) is 33.6. The summed E-state index contributed by atoms with van der Waals surface area (Å²) in [5.41, 5.74) is 25.3. The molecular weight excluding hydrogens is 1240 g/mol. The Hall–Kier alpha value is -8.62. The van der Waals surface area contributed by atoms with Gasteiger partial charge < -0.3 is 36.2 Å². The van der Waals surface area contributed by atoms with Gasteiger partial charge in [0.15, 0.2) is 0 Å². The van der Waals surface area contributed by atoms with Gasteiger partial charge in [-0.05, 0) is 238 Å². The largest absolute Gasteiger partial charge is 0.507 e. The molecule has 8 heterocycles. The van der Waals surface area contributed by atoms with E-state index in [0.29, 0.717) is 5.75 Å². The normalized spacial score (nSPS) is 14.3. The number of halogens is 1. The molecule has 0 radical (unpaired) electrons. The van der Waals surface area contributed by atoms with E-state index in [2.05, 4.69) is 239 Å². The molecule has 2 aromatic heterocycles. The number of hydrogen-bond acceptors (Lipinski definition) is 13. The summed E-state index contributed by atoms with van der Waals surface area (Å²) in [6, 6.07) is 56.9. The molecule has 10 aromatic rings. The van der Waals surface area contributed by atoms with E-state index in [1.165, 1.54) is 139 Å². The molecule has 0 saturated heterocycles. The number of fused-ring (bicyclic) bond motifs is 8. The van der Waals surface area contributed by atoms with Crippen LogP contribution < -0.4 is 21.3 Å². The van der Waals surface area contributed by atoms with Gasteiger partial charge in [-0.25, -0.2) is 0 Å². The quantitative estimate of drug-likeness (QED) is 0.0973. The van der Waals surface area contributed by atoms with Gasteiger partial charge in [0, 0.05) is 97.8 Å². The van der Waals surface area contributed by atoms with Crippen molar-refractivity contribution in [3.63, 3.8) is 0 Å². The lowest BCUT2D eigenvalue weighted by molar-refractivity contribution is -0.193. The number of nitrogens with one attached hydrogen (secondary N) is 4. The van der Waals surface area contributed by atoms with Gasteiger partial charge in [0.2, 0.25) is 0 Å². The van der Waals surface area contributed by atoms with Crippen molar-refractivity contribution >= 4 is 49.8 Å². The Bertz CT molecular complexity index is 3780. The van der Waals surface area contributed by atoms with Crippen molar-refractivity contribution in [1.29, 1.82) is 0 Å². The molecular formula is C81H93BrN8O5. The maximum atomic E-state index is 9.34. The van der Waals surface area contributed by atoms with E-state index in [0.717, 1.165) is 76.2 Å². The summed E-state index contributed by atoms with van der Waals surface area (Å²) in [7, 11) is 4.35. The van der Waals surface area contributed by atoms with Crippen LogP contribution in [0.1, 0.15) is 94.6 Å². The van der Waals surface area contributed by atoms with Crippen LogP contribution in [0, 0.1) is 34.6 Å². The Balaban J connectivity index is 0.000000152. The molecule has 0 bridgehead atoms. The minimum absolute atomic E-state index is 0.250. The number of hydrogen-bond donors (Lipinski definition) is 5. The Labute approximate surface area is 571 Å². The summed E-state index contributed by atoms with van der Waals surface area (Å²) >= 11 is 3.58. The van der Waals surface area contributed by atoms with Gasteiger partial charge in [-0.15, -0.1) is 0 Å². The molecule has 6 aliphatic heterocycles. The highest BCUT2D eigenvalue weighted by Gasteiger charge is 2.16. The van der Waals surface area contributed by atoms with Gasteiger partial charge in [0.05, 0.1) is 0 Å². The molecule has 5 N–H and O–H groups in total. The standard InChI is InChI=1S/C10H12BrN.4C10H13N.C10H9N.C10H13N.C9H7NO.2CO2/c1-12-6-5-9-8(7-12)3-2-4-10(9)11;5*1-8-3-2-4-9-7-11-6-5-10(8)9;1-11-7-6-9-4-2-3-5-10(9)8-11;11-9-3-1-2-7-6-10-5-4-8(7)9;2*2-1-3/h2-4H,5-7H2,1H3;4*2-4,11H,5-7H2,1H3;2-7H,1H3;2-5H,6-8H2,1H3;1-6,11H;;. The fraction of sp³-hybridized carbons (Fsp3) is 0.309. The molecule has 16 rings (SSSR count). The SMILES string of the molecule is CN1CCc2c(Br)cccc2C1.CN1CCc2ccccc2C1.Cc1cccc2c1CCNC2.Cc1cccc2c1CCNC2.Cc1cccc2c1CCNC2.Cc1cccc2c1CCNC2.Cc1cccc2cnccc12.O=C=O.O=C=O.Oc1cccc2cnccc12. The second kappa shape index (κ2) is 39.9. The van der Waals surface area contributed by atoms with E-state index in [1.807, 2.05) is 24.5 Å². The highest BCUT2D eigenvalue weighted by molar-refractivity contribution is 9.10. The number of aryl methyl sites for hydroxylation is 5. The number of nitrogens with zero attached hydrogens (tertiary/aromatic N) is 4. The molecule has 13 nitrogen and oxygen atoms in total. The number of benzene rings is 8. The van der Waals surface area contributed by atoms with Crippen molar-refractivity contribution in [3.8, 4) is 5.75 Å². The molecule has 0 amide bonds. The summed E-state index contributed by atoms with van der Waals surface area (Å²) in [6.45, 7) is 24.3. The second-order valence-electron chi connectivity index (χ2n) is 24.4. The number of carbonyl (C=O) groups excluding carboxylic acids is 4. The Kier molecular flexibility index (Phi) is 31.0. The lowest BCUT2D eigenvalue weighted by Crippen LogP contribution is -2.26. The number of pyridine rings is 2. The van der Waals surface area contributed by atoms with Crippen LogP contribution in [0.3, 0.4) is 0 Å². The molecule has 494 valence electrons. The Morgan fingerprint density at radius 2 is 0.726 bits per heavy atom. The molecule has 8 aromatic carbocycles. The lowest BCUT2D eigenvalue weighted by atomic mass is 9.97. The first-order valence-electron chi connectivity index (χ1n) is 32.8. The third kappa shape index (κ3) is 23.1. The summed E-state index contributed by atoms with van der Waals surface area (Å²) in [4.78, 5) is 45.2. The zero-order valence-corrected chi connectivity index (χ0v) is 58.0. The highest BCUT2D eigenvalue weighted by atomic mass is 79.9. The minimum atomic E-state index is 0.250. The molecule has 6 aliphatic rings. The average molecular weight is 1340 g/mol. The van der Waals surface area contributed by atoms with Gasteiger partial charge in [0.1, 0.15) is 5.75 Å². The third-order valence-electron chi connectivity index (χ3n) is 17.8. The van der Waals surface area contributed by atoms with Crippen molar-refractivity contribution in [2.45, 2.75) is 112 Å². The molecule has 0 saturated carbocycles. The van der Waals surface area contributed by atoms with Crippen LogP contribution in [0.5, 0.6) is 5.75 Å². The molecule has 95 heavy (non-hydrogen) atoms. The molecule has 0 atom stereocenters. The Morgan fingerprint density at radius 3 is 1.16 bits per heavy atom. The fourth-order valence-electron chi connectivity index (χ4n) is 12.6. The van der Waals surface area contributed by atoms with E-state index in [-0.39, 0.29) is 12.3 Å². The predicted molar refractivity (Wildman–Crippen MR) is 387 cm³/mol. The summed E-state index contributed by atoms with van der Waals surface area (Å²) in [6.07, 6.45) is 14.8. The smallest absolute Gasteiger partial charge is 0.373 e. The lowest BCUT2D eigenvalue weighted by Gasteiger charge is -2.25. The minimum Gasteiger partial charge on any atom is -0.507 e. The van der Waals surface area contributed by atoms with E-state index < -0.39 is 0 Å². The van der Waals surface area contributed by atoms with Crippen LogP contribution >= 0.6 is 15.9 Å². The summed E-state index contributed by atoms with van der Waals surface area (Å²) < 4.78 is 1.27. The number of likely N-dealkylation sites (N-methyl/N-ethyl adjacent to an activating group) is 2. The van der Waals surface area contributed by atoms with Crippen molar-refractivity contribution in [2.75, 3.05) is 53.4 Å². The second-order valence-corrected chi connectivity index (χ2v) is 25.2. The van der Waals surface area contributed by atoms with Crippen molar-refractivity contribution in [1.82, 2.24) is 41.0 Å². The summed E-state index contributed by atoms with van der Waals surface area (Å²) in [5.74, 6) is 0.310. The van der Waals surface area contributed by atoms with Gasteiger partial charge in [0.25, 0.3) is 0 Å². The van der Waals surface area contributed by atoms with Crippen LogP contribution in [0.4, 0.5) is 0 Å². The molecule has 0 fully saturated rings. The van der Waals surface area contributed by atoms with Crippen molar-refractivity contribution in [2.24, 2.45) is 0 Å². The van der Waals surface area contributed by atoms with Gasteiger partial charge in [-0.2, -0.15) is 19.2 Å².